The fourth-order valence-corrected chi connectivity index (χ4v) is 2.67. The third-order valence-corrected chi connectivity index (χ3v) is 4.24. The predicted octanol–water partition coefficient (Wildman–Crippen LogP) is 2.29. The molecule has 9 heteroatoms. The lowest BCUT2D eigenvalue weighted by molar-refractivity contribution is -0.176. The molecular weight excluding hydrogens is 363 g/mol. The monoisotopic (exact) mass is 389 g/mol. The zero-order chi connectivity index (χ0) is 19.7. The normalized spacial score (nSPS) is 16.7. The van der Waals surface area contributed by atoms with Crippen LogP contribution >= 0.6 is 0 Å². The van der Waals surface area contributed by atoms with Gasteiger partial charge in [-0.1, -0.05) is 24.3 Å². The Labute approximate surface area is 157 Å². The molecule has 0 radical (unpaired) electrons. The van der Waals surface area contributed by atoms with Crippen molar-refractivity contribution in [3.63, 3.8) is 0 Å². The Kier molecular flexibility index (Phi) is 8.33. The van der Waals surface area contributed by atoms with Crippen molar-refractivity contribution in [2.75, 3.05) is 39.5 Å². The molecule has 2 amide bonds. The van der Waals surface area contributed by atoms with Crippen LogP contribution in [0.2, 0.25) is 0 Å². The van der Waals surface area contributed by atoms with Crippen molar-refractivity contribution in [1.29, 1.82) is 0 Å². The zero-order valence-corrected chi connectivity index (χ0v) is 15.3. The van der Waals surface area contributed by atoms with E-state index in [0.29, 0.717) is 31.9 Å². The Bertz CT molecular complexity index is 575. The standard InChI is InChI=1S/C18H26F3N3O3/c1-14(24-6-8-26-9-7-24)10-22-17(25)23-11-15-2-4-16(5-3-15)12-27-13-18(19,20)21/h2-5,14H,6-13H2,1H3,(H2,22,23,25). The lowest BCUT2D eigenvalue weighted by atomic mass is 10.1. The number of urea groups is 1. The molecule has 0 aromatic heterocycles. The molecule has 0 spiro atoms. The number of halogens is 3. The molecule has 0 saturated carbocycles. The molecule has 1 atom stereocenters. The molecule has 6 nitrogen and oxygen atoms in total. The molecule has 1 aromatic carbocycles. The van der Waals surface area contributed by atoms with Gasteiger partial charge in [-0.2, -0.15) is 13.2 Å². The highest BCUT2D eigenvalue weighted by atomic mass is 19.4. The molecule has 1 aliphatic rings. The molecule has 2 rings (SSSR count). The third-order valence-electron chi connectivity index (χ3n) is 4.24. The van der Waals surface area contributed by atoms with E-state index in [1.165, 1.54) is 0 Å². The van der Waals surface area contributed by atoms with Gasteiger partial charge in [-0.3, -0.25) is 4.90 Å². The van der Waals surface area contributed by atoms with Crippen LogP contribution in [0.1, 0.15) is 18.1 Å². The summed E-state index contributed by atoms with van der Waals surface area (Å²) in [7, 11) is 0. The summed E-state index contributed by atoms with van der Waals surface area (Å²) in [4.78, 5) is 14.2. The number of benzene rings is 1. The summed E-state index contributed by atoms with van der Waals surface area (Å²) in [6.07, 6.45) is -4.32. The van der Waals surface area contributed by atoms with E-state index < -0.39 is 12.8 Å². The van der Waals surface area contributed by atoms with Gasteiger partial charge in [0, 0.05) is 32.2 Å². The molecule has 1 fully saturated rings. The minimum atomic E-state index is -4.32. The van der Waals surface area contributed by atoms with Crippen LogP contribution in [0.4, 0.5) is 18.0 Å². The molecule has 1 aromatic rings. The largest absolute Gasteiger partial charge is 0.411 e. The van der Waals surface area contributed by atoms with Gasteiger partial charge in [0.15, 0.2) is 0 Å². The maximum atomic E-state index is 12.0. The molecular formula is C18H26F3N3O3. The second-order valence-electron chi connectivity index (χ2n) is 6.49. The molecule has 1 aliphatic heterocycles. The number of morpholine rings is 1. The van der Waals surface area contributed by atoms with Crippen LogP contribution in [0, 0.1) is 0 Å². The number of carbonyl (C=O) groups excluding carboxylic acids is 1. The Hall–Kier alpha value is -1.84. The van der Waals surface area contributed by atoms with Crippen molar-refractivity contribution in [2.45, 2.75) is 32.3 Å². The fraction of sp³-hybridized carbons (Fsp3) is 0.611. The van der Waals surface area contributed by atoms with Gasteiger partial charge >= 0.3 is 12.2 Å². The Balaban J connectivity index is 1.64. The zero-order valence-electron chi connectivity index (χ0n) is 15.3. The number of alkyl halides is 3. The first-order valence-corrected chi connectivity index (χ1v) is 8.89. The van der Waals surface area contributed by atoms with E-state index in [4.69, 9.17) is 4.74 Å². The van der Waals surface area contributed by atoms with Gasteiger partial charge in [0.1, 0.15) is 6.61 Å². The summed E-state index contributed by atoms with van der Waals surface area (Å²) < 4.78 is 46.0. The van der Waals surface area contributed by atoms with Crippen LogP contribution in [0.3, 0.4) is 0 Å². The molecule has 152 valence electrons. The molecule has 1 heterocycles. The molecule has 1 saturated heterocycles. The van der Waals surface area contributed by atoms with Gasteiger partial charge in [0.05, 0.1) is 19.8 Å². The maximum absolute atomic E-state index is 12.0. The first-order valence-electron chi connectivity index (χ1n) is 8.89. The van der Waals surface area contributed by atoms with Crippen LogP contribution < -0.4 is 10.6 Å². The predicted molar refractivity (Wildman–Crippen MR) is 94.2 cm³/mol. The van der Waals surface area contributed by atoms with Crippen molar-refractivity contribution in [3.05, 3.63) is 35.4 Å². The van der Waals surface area contributed by atoms with Gasteiger partial charge in [-0.15, -0.1) is 0 Å². The van der Waals surface area contributed by atoms with E-state index in [-0.39, 0.29) is 18.7 Å². The highest BCUT2D eigenvalue weighted by Crippen LogP contribution is 2.15. The van der Waals surface area contributed by atoms with E-state index in [2.05, 4.69) is 27.2 Å². The highest BCUT2D eigenvalue weighted by Gasteiger charge is 2.27. The van der Waals surface area contributed by atoms with E-state index >= 15 is 0 Å². The highest BCUT2D eigenvalue weighted by molar-refractivity contribution is 5.73. The SMILES string of the molecule is CC(CNC(=O)NCc1ccc(COCC(F)(F)F)cc1)N1CCOCC1. The Morgan fingerprint density at radius 1 is 1.19 bits per heavy atom. The average Bonchev–Trinajstić information content (AvgIpc) is 2.65. The number of hydrogen-bond acceptors (Lipinski definition) is 4. The maximum Gasteiger partial charge on any atom is 0.411 e. The Morgan fingerprint density at radius 3 is 2.44 bits per heavy atom. The number of hydrogen-bond donors (Lipinski definition) is 2. The number of rotatable bonds is 8. The van der Waals surface area contributed by atoms with Crippen molar-refractivity contribution in [2.24, 2.45) is 0 Å². The average molecular weight is 389 g/mol. The molecule has 27 heavy (non-hydrogen) atoms. The lowest BCUT2D eigenvalue weighted by Gasteiger charge is -2.32. The van der Waals surface area contributed by atoms with Crippen LogP contribution in [-0.4, -0.2) is 62.6 Å². The third kappa shape index (κ3) is 8.59. The van der Waals surface area contributed by atoms with E-state index in [9.17, 15) is 18.0 Å². The molecule has 1 unspecified atom stereocenters. The summed E-state index contributed by atoms with van der Waals surface area (Å²) in [6.45, 7) is 4.73. The molecule has 0 bridgehead atoms. The van der Waals surface area contributed by atoms with Crippen molar-refractivity contribution in [3.8, 4) is 0 Å². The Morgan fingerprint density at radius 2 is 1.81 bits per heavy atom. The second kappa shape index (κ2) is 10.5. The number of ether oxygens (including phenoxy) is 2. The van der Waals surface area contributed by atoms with Gasteiger partial charge in [0.25, 0.3) is 0 Å². The van der Waals surface area contributed by atoms with E-state index in [1.54, 1.807) is 24.3 Å². The first-order chi connectivity index (χ1) is 12.8. The first kappa shape index (κ1) is 21.5. The summed E-state index contributed by atoms with van der Waals surface area (Å²) in [5.74, 6) is 0. The van der Waals surface area contributed by atoms with Crippen LogP contribution in [0.15, 0.2) is 24.3 Å². The van der Waals surface area contributed by atoms with Gasteiger partial charge < -0.3 is 20.1 Å². The van der Waals surface area contributed by atoms with Crippen molar-refractivity contribution >= 4 is 6.03 Å². The van der Waals surface area contributed by atoms with Gasteiger partial charge in [-0.05, 0) is 18.1 Å². The topological polar surface area (TPSA) is 62.8 Å². The summed E-state index contributed by atoms with van der Waals surface area (Å²) in [6, 6.07) is 6.85. The van der Waals surface area contributed by atoms with Gasteiger partial charge in [-0.25, -0.2) is 4.79 Å². The number of nitrogens with one attached hydrogen (secondary N) is 2. The fourth-order valence-electron chi connectivity index (χ4n) is 2.67. The van der Waals surface area contributed by atoms with Gasteiger partial charge in [0.2, 0.25) is 0 Å². The summed E-state index contributed by atoms with van der Waals surface area (Å²) >= 11 is 0. The number of nitrogens with zero attached hydrogens (tertiary/aromatic N) is 1. The second-order valence-corrected chi connectivity index (χ2v) is 6.49. The van der Waals surface area contributed by atoms with Crippen molar-refractivity contribution < 1.29 is 27.4 Å². The number of amides is 2. The van der Waals surface area contributed by atoms with E-state index in [0.717, 1.165) is 18.7 Å². The smallest absolute Gasteiger partial charge is 0.379 e. The minimum absolute atomic E-state index is 0.104. The number of carbonyl (C=O) groups is 1. The minimum Gasteiger partial charge on any atom is -0.379 e. The quantitative estimate of drug-likeness (QED) is 0.716. The summed E-state index contributed by atoms with van der Waals surface area (Å²) in [5.41, 5.74) is 1.50. The molecule has 0 aliphatic carbocycles. The van der Waals surface area contributed by atoms with Crippen molar-refractivity contribution in [1.82, 2.24) is 15.5 Å². The lowest BCUT2D eigenvalue weighted by Crippen LogP contribution is -2.48. The van der Waals surface area contributed by atoms with Crippen LogP contribution in [0.25, 0.3) is 0 Å². The van der Waals surface area contributed by atoms with Crippen LogP contribution in [-0.2, 0) is 22.6 Å². The van der Waals surface area contributed by atoms with Crippen LogP contribution in [0.5, 0.6) is 0 Å². The van der Waals surface area contributed by atoms with E-state index in [1.807, 2.05) is 0 Å². The summed E-state index contributed by atoms with van der Waals surface area (Å²) in [5, 5.41) is 5.61. The molecule has 2 N–H and O–H groups in total.